The van der Waals surface area contributed by atoms with Gasteiger partial charge in [-0.3, -0.25) is 4.57 Å². The van der Waals surface area contributed by atoms with Crippen LogP contribution in [0.2, 0.25) is 0 Å². The average Bonchev–Trinajstić information content (AvgIpc) is 3.03. The highest BCUT2D eigenvalue weighted by Crippen LogP contribution is 2.36. The van der Waals surface area contributed by atoms with E-state index in [2.05, 4.69) is 24.0 Å². The fraction of sp³-hybridized carbons (Fsp3) is 0.625. The first kappa shape index (κ1) is 23.6. The number of hydroxylamine groups is 2. The summed E-state index contributed by atoms with van der Waals surface area (Å²) in [5.74, 6) is 1.38. The number of aromatic nitrogens is 3. The average molecular weight is 461 g/mol. The molecule has 1 fully saturated rings. The van der Waals surface area contributed by atoms with Crippen LogP contribution in [0.15, 0.2) is 18.2 Å². The van der Waals surface area contributed by atoms with Crippen LogP contribution in [-0.2, 0) is 27.4 Å². The molecule has 0 atom stereocenters. The molecule has 1 aromatic heterocycles. The first-order valence-electron chi connectivity index (χ1n) is 11.6. The van der Waals surface area contributed by atoms with Crippen LogP contribution in [0, 0.1) is 5.82 Å². The van der Waals surface area contributed by atoms with E-state index in [0.29, 0.717) is 11.4 Å². The number of halogens is 1. The minimum atomic E-state index is -0.808. The highest BCUT2D eigenvalue weighted by molar-refractivity contribution is 5.60. The van der Waals surface area contributed by atoms with E-state index in [1.807, 2.05) is 4.57 Å². The van der Waals surface area contributed by atoms with Gasteiger partial charge in [0.25, 0.3) is 0 Å². The van der Waals surface area contributed by atoms with Crippen molar-refractivity contribution < 1.29 is 23.5 Å². The lowest BCUT2D eigenvalue weighted by molar-refractivity contribution is -0.155. The Morgan fingerprint density at radius 2 is 1.85 bits per heavy atom. The lowest BCUT2D eigenvalue weighted by atomic mass is 9.86. The standard InChI is InChI=1S/C24H33FN4O4/c1-15(2)31-19-9-6-16(7-10-19)22-27-26-21-14-28(33-23(30)32-24(3,4)5)13-17-12-18(25)8-11-20(17)29(21)22/h8,11-12,15-16,19H,6-7,9-10,13-14H2,1-5H3/t16-,19-. The summed E-state index contributed by atoms with van der Waals surface area (Å²) in [6.45, 7) is 9.86. The van der Waals surface area contributed by atoms with Gasteiger partial charge < -0.3 is 14.3 Å². The molecular weight excluding hydrogens is 427 g/mol. The molecular formula is C24H33FN4O4. The van der Waals surface area contributed by atoms with E-state index in [1.54, 1.807) is 26.8 Å². The largest absolute Gasteiger partial charge is 0.528 e. The Hall–Kier alpha value is -2.52. The van der Waals surface area contributed by atoms with Crippen molar-refractivity contribution in [2.24, 2.45) is 0 Å². The van der Waals surface area contributed by atoms with Gasteiger partial charge in [-0.25, -0.2) is 9.18 Å². The van der Waals surface area contributed by atoms with Crippen LogP contribution < -0.4 is 0 Å². The normalized spacial score (nSPS) is 21.3. The molecule has 0 bridgehead atoms. The van der Waals surface area contributed by atoms with Crippen molar-refractivity contribution in [1.29, 1.82) is 0 Å². The van der Waals surface area contributed by atoms with Crippen molar-refractivity contribution in [3.05, 3.63) is 41.2 Å². The summed E-state index contributed by atoms with van der Waals surface area (Å²) in [6.07, 6.45) is 3.51. The fourth-order valence-corrected chi connectivity index (χ4v) is 4.54. The van der Waals surface area contributed by atoms with Gasteiger partial charge in [0.05, 0.1) is 31.0 Å². The molecule has 1 saturated carbocycles. The van der Waals surface area contributed by atoms with Crippen molar-refractivity contribution in [2.45, 2.75) is 97.1 Å². The third-order valence-electron chi connectivity index (χ3n) is 5.80. The molecule has 4 rings (SSSR count). The molecule has 9 heteroatoms. The molecule has 0 radical (unpaired) electrons. The van der Waals surface area contributed by atoms with E-state index in [9.17, 15) is 9.18 Å². The smallest absolute Gasteiger partial charge is 0.427 e. The second kappa shape index (κ2) is 9.38. The Balaban J connectivity index is 1.60. The molecule has 33 heavy (non-hydrogen) atoms. The molecule has 0 spiro atoms. The maximum absolute atomic E-state index is 14.1. The van der Waals surface area contributed by atoms with Crippen molar-refractivity contribution in [3.63, 3.8) is 0 Å². The number of nitrogens with zero attached hydrogens (tertiary/aromatic N) is 4. The summed E-state index contributed by atoms with van der Waals surface area (Å²) in [7, 11) is 0. The van der Waals surface area contributed by atoms with Gasteiger partial charge in [0, 0.05) is 5.92 Å². The molecule has 1 aliphatic heterocycles. The number of hydrogen-bond donors (Lipinski definition) is 0. The van der Waals surface area contributed by atoms with Crippen LogP contribution >= 0.6 is 0 Å². The van der Waals surface area contributed by atoms with Crippen LogP contribution in [0.1, 0.15) is 83.4 Å². The molecule has 8 nitrogen and oxygen atoms in total. The monoisotopic (exact) mass is 460 g/mol. The first-order chi connectivity index (χ1) is 15.6. The summed E-state index contributed by atoms with van der Waals surface area (Å²) in [6, 6.07) is 4.64. The zero-order valence-corrected chi connectivity index (χ0v) is 20.0. The van der Waals surface area contributed by atoms with Crippen LogP contribution in [0.25, 0.3) is 5.69 Å². The molecule has 2 heterocycles. The van der Waals surface area contributed by atoms with Crippen molar-refractivity contribution in [2.75, 3.05) is 0 Å². The number of rotatable bonds is 4. The van der Waals surface area contributed by atoms with Gasteiger partial charge in [0.1, 0.15) is 17.2 Å². The number of fused-ring (bicyclic) bond motifs is 3. The van der Waals surface area contributed by atoms with Gasteiger partial charge in [-0.2, -0.15) is 0 Å². The van der Waals surface area contributed by atoms with E-state index in [1.165, 1.54) is 17.2 Å². The Morgan fingerprint density at radius 3 is 2.52 bits per heavy atom. The van der Waals surface area contributed by atoms with E-state index in [4.69, 9.17) is 14.3 Å². The zero-order valence-electron chi connectivity index (χ0n) is 20.0. The van der Waals surface area contributed by atoms with Crippen LogP contribution in [0.3, 0.4) is 0 Å². The predicted molar refractivity (Wildman–Crippen MR) is 119 cm³/mol. The summed E-state index contributed by atoms with van der Waals surface area (Å²) >= 11 is 0. The SMILES string of the molecule is CC(C)O[C@H]1CC[C@H](c2nnc3n2-c2ccc(F)cc2CN(OC(=O)OC(C)(C)C)C3)CC1. The lowest BCUT2D eigenvalue weighted by Gasteiger charge is -2.29. The van der Waals surface area contributed by atoms with E-state index < -0.39 is 11.8 Å². The molecule has 0 unspecified atom stereocenters. The predicted octanol–water partition coefficient (Wildman–Crippen LogP) is 5.04. The Bertz CT molecular complexity index is 993. The van der Waals surface area contributed by atoms with E-state index in [-0.39, 0.29) is 37.0 Å². The molecule has 0 N–H and O–H groups in total. The van der Waals surface area contributed by atoms with Gasteiger partial charge in [-0.1, -0.05) is 0 Å². The molecule has 2 aliphatic rings. The number of ether oxygens (including phenoxy) is 2. The minimum Gasteiger partial charge on any atom is -0.427 e. The Morgan fingerprint density at radius 1 is 1.12 bits per heavy atom. The van der Waals surface area contributed by atoms with Gasteiger partial charge in [-0.15, -0.1) is 15.3 Å². The van der Waals surface area contributed by atoms with Crippen LogP contribution in [0.4, 0.5) is 9.18 Å². The Kier molecular flexibility index (Phi) is 6.72. The summed E-state index contributed by atoms with van der Waals surface area (Å²) in [5.41, 5.74) is 0.815. The second-order valence-corrected chi connectivity index (χ2v) is 10.1. The molecule has 0 saturated heterocycles. The number of hydrogen-bond acceptors (Lipinski definition) is 7. The maximum Gasteiger partial charge on any atom is 0.528 e. The molecule has 2 aromatic rings. The molecule has 180 valence electrons. The first-order valence-corrected chi connectivity index (χ1v) is 11.6. The van der Waals surface area contributed by atoms with Crippen molar-refractivity contribution >= 4 is 6.16 Å². The highest BCUT2D eigenvalue weighted by Gasteiger charge is 2.32. The second-order valence-electron chi connectivity index (χ2n) is 10.1. The highest BCUT2D eigenvalue weighted by atomic mass is 19.1. The van der Waals surface area contributed by atoms with Crippen LogP contribution in [0.5, 0.6) is 0 Å². The van der Waals surface area contributed by atoms with Gasteiger partial charge in [0.2, 0.25) is 0 Å². The lowest BCUT2D eigenvalue weighted by Crippen LogP contribution is -2.31. The van der Waals surface area contributed by atoms with Gasteiger partial charge in [0.15, 0.2) is 5.82 Å². The van der Waals surface area contributed by atoms with Crippen molar-refractivity contribution in [3.8, 4) is 5.69 Å². The fourth-order valence-electron chi connectivity index (χ4n) is 4.54. The quantitative estimate of drug-likeness (QED) is 0.592. The maximum atomic E-state index is 14.1. The number of benzene rings is 1. The number of carbonyl (C=O) groups excluding carboxylic acids is 1. The van der Waals surface area contributed by atoms with E-state index >= 15 is 0 Å². The molecule has 1 aromatic carbocycles. The third-order valence-corrected chi connectivity index (χ3v) is 5.80. The number of carbonyl (C=O) groups is 1. The van der Waals surface area contributed by atoms with Crippen molar-refractivity contribution in [1.82, 2.24) is 19.8 Å². The van der Waals surface area contributed by atoms with Gasteiger partial charge in [-0.05, 0) is 84.1 Å². The topological polar surface area (TPSA) is 78.7 Å². The minimum absolute atomic E-state index is 0.212. The third kappa shape index (κ3) is 5.70. The molecule has 1 aliphatic carbocycles. The molecule has 0 amide bonds. The summed E-state index contributed by atoms with van der Waals surface area (Å²) in [5, 5.41) is 10.4. The Labute approximate surface area is 194 Å². The van der Waals surface area contributed by atoms with Gasteiger partial charge >= 0.3 is 6.16 Å². The van der Waals surface area contributed by atoms with E-state index in [0.717, 1.165) is 37.2 Å². The zero-order chi connectivity index (χ0) is 23.8. The summed E-state index contributed by atoms with van der Waals surface area (Å²) < 4.78 is 27.4. The van der Waals surface area contributed by atoms with Crippen LogP contribution in [-0.4, -0.2) is 43.8 Å². The summed E-state index contributed by atoms with van der Waals surface area (Å²) in [4.78, 5) is 17.7.